The van der Waals surface area contributed by atoms with Crippen molar-refractivity contribution in [2.75, 3.05) is 0 Å². The van der Waals surface area contributed by atoms with E-state index >= 15 is 0 Å². The summed E-state index contributed by atoms with van der Waals surface area (Å²) in [6.07, 6.45) is 7.97. The molecular formula is C14H36. The zero-order valence-corrected chi connectivity index (χ0v) is 12.2. The maximum absolute atomic E-state index is 2.21. The molecule has 14 heavy (non-hydrogen) atoms. The molecule has 92 valence electrons. The first-order valence-electron chi connectivity index (χ1n) is 6.74. The van der Waals surface area contributed by atoms with Crippen molar-refractivity contribution >= 4 is 0 Å². The number of unbranched alkanes of at least 4 members (excludes halogenated alkanes) is 3. The van der Waals surface area contributed by atoms with Crippen LogP contribution in [0.15, 0.2) is 0 Å². The predicted molar refractivity (Wildman–Crippen MR) is 73.1 cm³/mol. The van der Waals surface area contributed by atoms with Gasteiger partial charge in [-0.1, -0.05) is 93.9 Å². The molecule has 0 amide bonds. The first-order chi connectivity index (χ1) is 6.74. The molecule has 0 bridgehead atoms. The second-order valence-corrected chi connectivity index (χ2v) is 3.06. The fraction of sp³-hybridized carbons (Fsp3) is 1.00. The molecule has 0 aliphatic carbocycles. The van der Waals surface area contributed by atoms with Gasteiger partial charge in [0.05, 0.1) is 0 Å². The van der Waals surface area contributed by atoms with Crippen LogP contribution in [0.5, 0.6) is 0 Å². The van der Waals surface area contributed by atoms with Gasteiger partial charge in [-0.2, -0.15) is 0 Å². The van der Waals surface area contributed by atoms with Gasteiger partial charge in [0.2, 0.25) is 0 Å². The molecule has 0 aliphatic rings. The first kappa shape index (κ1) is 23.7. The zero-order valence-electron chi connectivity index (χ0n) is 12.2. The molecule has 0 unspecified atom stereocenters. The van der Waals surface area contributed by atoms with Gasteiger partial charge in [-0.05, 0) is 0 Å². The summed E-state index contributed by atoms with van der Waals surface area (Å²) < 4.78 is 0. The molecule has 0 fully saturated rings. The van der Waals surface area contributed by atoms with Crippen molar-refractivity contribution in [1.82, 2.24) is 0 Å². The minimum atomic E-state index is 1.25. The summed E-state index contributed by atoms with van der Waals surface area (Å²) in [6, 6.07) is 0. The standard InChI is InChI=1S/C5H12.C4H10.C3H8.C2H6/c1-3-5-4-2;1-3-4-2;1-3-2;1-2/h3-5H2,1-2H3;3-4H2,1-2H3;3H2,1-2H3;1-2H3. The Morgan fingerprint density at radius 2 is 0.714 bits per heavy atom. The Morgan fingerprint density at radius 3 is 0.714 bits per heavy atom. The highest BCUT2D eigenvalue weighted by molar-refractivity contribution is 4.24. The van der Waals surface area contributed by atoms with Crippen LogP contribution in [0.2, 0.25) is 0 Å². The SMILES string of the molecule is CC.CCC.CCCC.CCCCC. The van der Waals surface area contributed by atoms with E-state index < -0.39 is 0 Å². The predicted octanol–water partition coefficient (Wildman–Crippen LogP) is 6.45. The second-order valence-electron chi connectivity index (χ2n) is 3.06. The lowest BCUT2D eigenvalue weighted by atomic mass is 10.3. The van der Waals surface area contributed by atoms with E-state index in [2.05, 4.69) is 41.5 Å². The lowest BCUT2D eigenvalue weighted by Gasteiger charge is -1.79. The third-order valence-electron chi connectivity index (χ3n) is 1.21. The number of hydrogen-bond donors (Lipinski definition) is 0. The molecule has 0 aromatic heterocycles. The van der Waals surface area contributed by atoms with E-state index in [1.807, 2.05) is 13.8 Å². The quantitative estimate of drug-likeness (QED) is 0.496. The highest BCUT2D eigenvalue weighted by atomic mass is 13.7. The Hall–Kier alpha value is 0. The fourth-order valence-electron chi connectivity index (χ4n) is 0.354. The van der Waals surface area contributed by atoms with E-state index in [0.29, 0.717) is 0 Å². The van der Waals surface area contributed by atoms with Crippen LogP contribution in [0, 0.1) is 0 Å². The van der Waals surface area contributed by atoms with Crippen LogP contribution < -0.4 is 0 Å². The molecule has 0 aromatic rings. The number of hydrogen-bond acceptors (Lipinski definition) is 0. The lowest BCUT2D eigenvalue weighted by molar-refractivity contribution is 0.772. The van der Waals surface area contributed by atoms with Crippen LogP contribution >= 0.6 is 0 Å². The summed E-state index contributed by atoms with van der Waals surface area (Å²) in [5.41, 5.74) is 0. The van der Waals surface area contributed by atoms with Crippen molar-refractivity contribution in [3.63, 3.8) is 0 Å². The molecule has 0 radical (unpaired) electrons. The average molecular weight is 204 g/mol. The summed E-state index contributed by atoms with van der Waals surface area (Å²) in [4.78, 5) is 0. The Bertz CT molecular complexity index is 27.0. The molecular weight excluding hydrogens is 168 g/mol. The fourth-order valence-corrected chi connectivity index (χ4v) is 0.354. The van der Waals surface area contributed by atoms with Gasteiger partial charge in [0.1, 0.15) is 0 Å². The highest BCUT2D eigenvalue weighted by Crippen LogP contribution is 1.88. The van der Waals surface area contributed by atoms with Crippen molar-refractivity contribution in [2.45, 2.75) is 93.9 Å². The maximum atomic E-state index is 2.21. The lowest BCUT2D eigenvalue weighted by Crippen LogP contribution is -1.59. The van der Waals surface area contributed by atoms with Crippen LogP contribution in [-0.2, 0) is 0 Å². The van der Waals surface area contributed by atoms with Gasteiger partial charge in [-0.15, -0.1) is 0 Å². The van der Waals surface area contributed by atoms with Gasteiger partial charge in [0.25, 0.3) is 0 Å². The number of rotatable bonds is 3. The van der Waals surface area contributed by atoms with Crippen LogP contribution in [-0.4, -0.2) is 0 Å². The van der Waals surface area contributed by atoms with Gasteiger partial charge >= 0.3 is 0 Å². The van der Waals surface area contributed by atoms with E-state index in [9.17, 15) is 0 Å². The molecule has 0 nitrogen and oxygen atoms in total. The van der Waals surface area contributed by atoms with Crippen LogP contribution in [0.4, 0.5) is 0 Å². The van der Waals surface area contributed by atoms with Gasteiger partial charge in [-0.3, -0.25) is 0 Å². The zero-order chi connectivity index (χ0) is 12.2. The Morgan fingerprint density at radius 1 is 0.500 bits per heavy atom. The van der Waals surface area contributed by atoms with E-state index in [-0.39, 0.29) is 0 Å². The van der Waals surface area contributed by atoms with Gasteiger partial charge in [-0.25, -0.2) is 0 Å². The minimum Gasteiger partial charge on any atom is -0.0683 e. The van der Waals surface area contributed by atoms with Crippen molar-refractivity contribution in [3.8, 4) is 0 Å². The summed E-state index contributed by atoms with van der Waals surface area (Å²) in [5.74, 6) is 0. The van der Waals surface area contributed by atoms with Crippen molar-refractivity contribution in [2.24, 2.45) is 0 Å². The third kappa shape index (κ3) is 161. The smallest absolute Gasteiger partial charge is 0.0538 e. The highest BCUT2D eigenvalue weighted by Gasteiger charge is 1.68. The molecule has 0 aliphatic heterocycles. The molecule has 0 atom stereocenters. The average Bonchev–Trinajstić information content (AvgIpc) is 2.24. The molecule has 0 saturated carbocycles. The normalized spacial score (nSPS) is 6.86. The summed E-state index contributed by atoms with van der Waals surface area (Å²) in [6.45, 7) is 17.0. The van der Waals surface area contributed by atoms with Crippen LogP contribution in [0.25, 0.3) is 0 Å². The Kier molecular flexibility index (Phi) is 87.9. The largest absolute Gasteiger partial charge is 0.0683 e. The first-order valence-corrected chi connectivity index (χ1v) is 6.74. The van der Waals surface area contributed by atoms with Crippen molar-refractivity contribution < 1.29 is 0 Å². The molecule has 0 N–H and O–H groups in total. The second kappa shape index (κ2) is 52.0. The van der Waals surface area contributed by atoms with Gasteiger partial charge in [0.15, 0.2) is 0 Å². The van der Waals surface area contributed by atoms with E-state index in [0.717, 1.165) is 0 Å². The van der Waals surface area contributed by atoms with Crippen molar-refractivity contribution in [3.05, 3.63) is 0 Å². The third-order valence-corrected chi connectivity index (χ3v) is 1.21. The molecule has 0 heteroatoms. The van der Waals surface area contributed by atoms with E-state index in [4.69, 9.17) is 0 Å². The van der Waals surface area contributed by atoms with E-state index in [1.165, 1.54) is 38.5 Å². The molecule has 0 heterocycles. The molecule has 0 saturated heterocycles. The monoisotopic (exact) mass is 204 g/mol. The summed E-state index contributed by atoms with van der Waals surface area (Å²) in [5, 5.41) is 0. The topological polar surface area (TPSA) is 0 Å². The summed E-state index contributed by atoms with van der Waals surface area (Å²) in [7, 11) is 0. The summed E-state index contributed by atoms with van der Waals surface area (Å²) >= 11 is 0. The maximum Gasteiger partial charge on any atom is -0.0538 e. The van der Waals surface area contributed by atoms with Crippen molar-refractivity contribution in [1.29, 1.82) is 0 Å². The molecule has 0 aromatic carbocycles. The van der Waals surface area contributed by atoms with Crippen LogP contribution in [0.3, 0.4) is 0 Å². The minimum absolute atomic E-state index is 1.25. The molecule has 0 rings (SSSR count). The molecule has 0 spiro atoms. The van der Waals surface area contributed by atoms with Gasteiger partial charge < -0.3 is 0 Å². The Balaban J connectivity index is -0.0000000505. The van der Waals surface area contributed by atoms with Crippen LogP contribution in [0.1, 0.15) is 93.9 Å². The van der Waals surface area contributed by atoms with Gasteiger partial charge in [0, 0.05) is 0 Å². The van der Waals surface area contributed by atoms with E-state index in [1.54, 1.807) is 0 Å². The Labute approximate surface area is 94.5 Å².